The molecule has 1 N–H and O–H groups in total. The molecule has 8 nitrogen and oxygen atoms in total. The SMILES string of the molecule is Cc1nnc(CN(C)Cc2cnc(NCC3CCCO3)nc2)o1. The van der Waals surface area contributed by atoms with Crippen LogP contribution in [0.2, 0.25) is 0 Å². The van der Waals surface area contributed by atoms with E-state index in [0.29, 0.717) is 30.8 Å². The molecular weight excluding hydrogens is 296 g/mol. The van der Waals surface area contributed by atoms with E-state index in [1.165, 1.54) is 0 Å². The minimum atomic E-state index is 0.280. The standard InChI is InChI=1S/C15H22N6O2/c1-11-19-20-14(23-11)10-21(2)9-12-6-16-15(17-7-12)18-8-13-4-3-5-22-13/h6-7,13H,3-5,8-10H2,1-2H3,(H,16,17,18). The van der Waals surface area contributed by atoms with Crippen molar-refractivity contribution in [3.8, 4) is 0 Å². The van der Waals surface area contributed by atoms with E-state index < -0.39 is 0 Å². The van der Waals surface area contributed by atoms with Gasteiger partial charge in [-0.1, -0.05) is 0 Å². The number of anilines is 1. The van der Waals surface area contributed by atoms with E-state index in [1.54, 1.807) is 6.92 Å². The summed E-state index contributed by atoms with van der Waals surface area (Å²) < 4.78 is 10.9. The predicted octanol–water partition coefficient (Wildman–Crippen LogP) is 1.39. The summed E-state index contributed by atoms with van der Waals surface area (Å²) in [6.45, 7) is 4.72. The Bertz CT molecular complexity index is 609. The van der Waals surface area contributed by atoms with Crippen molar-refractivity contribution < 1.29 is 9.15 Å². The van der Waals surface area contributed by atoms with Gasteiger partial charge in [0.1, 0.15) is 0 Å². The third-order valence-electron chi connectivity index (χ3n) is 3.64. The normalized spacial score (nSPS) is 17.8. The summed E-state index contributed by atoms with van der Waals surface area (Å²) in [4.78, 5) is 10.8. The van der Waals surface area contributed by atoms with Gasteiger partial charge in [0.25, 0.3) is 0 Å². The molecule has 1 unspecified atom stereocenters. The van der Waals surface area contributed by atoms with Crippen LogP contribution in [-0.4, -0.2) is 51.4 Å². The van der Waals surface area contributed by atoms with E-state index >= 15 is 0 Å². The van der Waals surface area contributed by atoms with Crippen LogP contribution in [0, 0.1) is 6.92 Å². The highest BCUT2D eigenvalue weighted by Crippen LogP contribution is 2.12. The minimum Gasteiger partial charge on any atom is -0.424 e. The lowest BCUT2D eigenvalue weighted by molar-refractivity contribution is 0.120. The van der Waals surface area contributed by atoms with Crippen molar-refractivity contribution in [1.82, 2.24) is 25.1 Å². The molecule has 0 radical (unpaired) electrons. The highest BCUT2D eigenvalue weighted by molar-refractivity contribution is 5.24. The maximum Gasteiger partial charge on any atom is 0.230 e. The number of aryl methyl sites for hydroxylation is 1. The fourth-order valence-corrected chi connectivity index (χ4v) is 2.54. The molecule has 8 heteroatoms. The van der Waals surface area contributed by atoms with Crippen LogP contribution in [0.25, 0.3) is 0 Å². The molecule has 1 aliphatic rings. The summed E-state index contributed by atoms with van der Waals surface area (Å²) in [5.74, 6) is 1.83. The third-order valence-corrected chi connectivity index (χ3v) is 3.64. The molecule has 3 rings (SSSR count). The van der Waals surface area contributed by atoms with Gasteiger partial charge in [-0.2, -0.15) is 0 Å². The monoisotopic (exact) mass is 318 g/mol. The minimum absolute atomic E-state index is 0.280. The number of nitrogens with one attached hydrogen (secondary N) is 1. The Kier molecular flexibility index (Phi) is 5.14. The maximum atomic E-state index is 5.56. The quantitative estimate of drug-likeness (QED) is 0.819. The van der Waals surface area contributed by atoms with Crippen LogP contribution in [0.1, 0.15) is 30.2 Å². The van der Waals surface area contributed by atoms with Gasteiger partial charge in [-0.3, -0.25) is 4.90 Å². The summed E-state index contributed by atoms with van der Waals surface area (Å²) in [7, 11) is 1.99. The molecular formula is C15H22N6O2. The van der Waals surface area contributed by atoms with E-state index in [9.17, 15) is 0 Å². The zero-order chi connectivity index (χ0) is 16.1. The second-order valence-electron chi connectivity index (χ2n) is 5.82. The Hall–Kier alpha value is -2.06. The number of nitrogens with zero attached hydrogens (tertiary/aromatic N) is 5. The second-order valence-corrected chi connectivity index (χ2v) is 5.82. The third kappa shape index (κ3) is 4.70. The fraction of sp³-hybridized carbons (Fsp3) is 0.600. The molecule has 1 aliphatic heterocycles. The Morgan fingerprint density at radius 1 is 1.26 bits per heavy atom. The first-order valence-corrected chi connectivity index (χ1v) is 7.83. The average molecular weight is 318 g/mol. The first-order chi connectivity index (χ1) is 11.2. The largest absolute Gasteiger partial charge is 0.424 e. The van der Waals surface area contributed by atoms with Gasteiger partial charge < -0.3 is 14.5 Å². The molecule has 2 aromatic heterocycles. The Morgan fingerprint density at radius 2 is 2.09 bits per heavy atom. The molecule has 23 heavy (non-hydrogen) atoms. The highest BCUT2D eigenvalue weighted by Gasteiger charge is 2.15. The molecule has 124 valence electrons. The van der Waals surface area contributed by atoms with Crippen LogP contribution in [0.4, 0.5) is 5.95 Å². The number of hydrogen-bond donors (Lipinski definition) is 1. The zero-order valence-electron chi connectivity index (χ0n) is 13.5. The van der Waals surface area contributed by atoms with E-state index in [-0.39, 0.29) is 6.10 Å². The van der Waals surface area contributed by atoms with Crippen molar-refractivity contribution in [1.29, 1.82) is 0 Å². The van der Waals surface area contributed by atoms with Crippen LogP contribution in [0.15, 0.2) is 16.8 Å². The highest BCUT2D eigenvalue weighted by atomic mass is 16.5. The summed E-state index contributed by atoms with van der Waals surface area (Å²) in [6.07, 6.45) is 6.19. The van der Waals surface area contributed by atoms with Gasteiger partial charge in [-0.05, 0) is 19.9 Å². The lowest BCUT2D eigenvalue weighted by Gasteiger charge is -2.14. The van der Waals surface area contributed by atoms with Crippen LogP contribution < -0.4 is 5.32 Å². The second kappa shape index (κ2) is 7.47. The van der Waals surface area contributed by atoms with Gasteiger partial charge in [0.2, 0.25) is 17.7 Å². The number of ether oxygens (including phenoxy) is 1. The lowest BCUT2D eigenvalue weighted by Crippen LogP contribution is -2.20. The first kappa shape index (κ1) is 15.8. The molecule has 3 heterocycles. The van der Waals surface area contributed by atoms with Crippen LogP contribution in [0.5, 0.6) is 0 Å². The van der Waals surface area contributed by atoms with Crippen molar-refractivity contribution in [3.05, 3.63) is 29.7 Å². The van der Waals surface area contributed by atoms with Gasteiger partial charge in [0.15, 0.2) is 0 Å². The van der Waals surface area contributed by atoms with E-state index in [4.69, 9.17) is 9.15 Å². The topological polar surface area (TPSA) is 89.2 Å². The smallest absolute Gasteiger partial charge is 0.230 e. The van der Waals surface area contributed by atoms with Crippen molar-refractivity contribution in [2.75, 3.05) is 25.5 Å². The summed E-state index contributed by atoms with van der Waals surface area (Å²) >= 11 is 0. The average Bonchev–Trinajstić information content (AvgIpc) is 3.18. The van der Waals surface area contributed by atoms with Crippen molar-refractivity contribution in [3.63, 3.8) is 0 Å². The molecule has 1 saturated heterocycles. The molecule has 1 fully saturated rings. The molecule has 2 aromatic rings. The van der Waals surface area contributed by atoms with Crippen LogP contribution in [0.3, 0.4) is 0 Å². The Morgan fingerprint density at radius 3 is 2.74 bits per heavy atom. The molecule has 0 bridgehead atoms. The van der Waals surface area contributed by atoms with E-state index in [0.717, 1.165) is 31.6 Å². The number of aromatic nitrogens is 4. The van der Waals surface area contributed by atoms with Crippen LogP contribution >= 0.6 is 0 Å². The van der Waals surface area contributed by atoms with Crippen molar-refractivity contribution in [2.24, 2.45) is 0 Å². The number of hydrogen-bond acceptors (Lipinski definition) is 8. The lowest BCUT2D eigenvalue weighted by atomic mass is 10.2. The Balaban J connectivity index is 1.46. The summed E-state index contributed by atoms with van der Waals surface area (Å²) in [6, 6.07) is 0. The molecule has 1 atom stereocenters. The molecule has 0 aliphatic carbocycles. The molecule has 0 amide bonds. The van der Waals surface area contributed by atoms with E-state index in [2.05, 4.69) is 30.4 Å². The summed E-state index contributed by atoms with van der Waals surface area (Å²) in [5.41, 5.74) is 1.03. The van der Waals surface area contributed by atoms with Gasteiger partial charge in [0.05, 0.1) is 12.6 Å². The van der Waals surface area contributed by atoms with Gasteiger partial charge in [-0.25, -0.2) is 9.97 Å². The van der Waals surface area contributed by atoms with Gasteiger partial charge >= 0.3 is 0 Å². The van der Waals surface area contributed by atoms with Gasteiger partial charge in [0, 0.05) is 44.6 Å². The molecule has 0 saturated carbocycles. The molecule has 0 spiro atoms. The van der Waals surface area contributed by atoms with Crippen molar-refractivity contribution in [2.45, 2.75) is 39.0 Å². The number of rotatable bonds is 7. The maximum absolute atomic E-state index is 5.56. The Labute approximate surface area is 135 Å². The molecule has 0 aromatic carbocycles. The van der Waals surface area contributed by atoms with E-state index in [1.807, 2.05) is 19.4 Å². The summed E-state index contributed by atoms with van der Waals surface area (Å²) in [5, 5.41) is 11.0. The van der Waals surface area contributed by atoms with Crippen molar-refractivity contribution >= 4 is 5.95 Å². The first-order valence-electron chi connectivity index (χ1n) is 7.83. The fourth-order valence-electron chi connectivity index (χ4n) is 2.54. The zero-order valence-corrected chi connectivity index (χ0v) is 13.5. The van der Waals surface area contributed by atoms with Crippen LogP contribution in [-0.2, 0) is 17.8 Å². The predicted molar refractivity (Wildman–Crippen MR) is 83.7 cm³/mol. The van der Waals surface area contributed by atoms with Gasteiger partial charge in [-0.15, -0.1) is 10.2 Å².